The van der Waals surface area contributed by atoms with Crippen LogP contribution >= 0.6 is 23.2 Å². The van der Waals surface area contributed by atoms with Gasteiger partial charge in [0.05, 0.1) is 29.9 Å². The molecule has 9 heteroatoms. The van der Waals surface area contributed by atoms with E-state index in [1.807, 2.05) is 48.5 Å². The Hall–Kier alpha value is -3.41. The molecule has 0 saturated carbocycles. The molecule has 0 spiro atoms. The molecule has 7 nitrogen and oxygen atoms in total. The molecule has 194 valence electrons. The summed E-state index contributed by atoms with van der Waals surface area (Å²) in [6.07, 6.45) is 0. The van der Waals surface area contributed by atoms with Gasteiger partial charge in [0.1, 0.15) is 0 Å². The van der Waals surface area contributed by atoms with Gasteiger partial charge in [-0.1, -0.05) is 54.0 Å². The first-order valence-corrected chi connectivity index (χ1v) is 13.1. The molecule has 0 amide bonds. The van der Waals surface area contributed by atoms with Crippen molar-refractivity contribution in [3.63, 3.8) is 0 Å². The standard InChI is InChI=1S/C29H27Cl2N5O2/c1-18-15-36(29(19-4-8-21(30)9-5-19)20-6-10-22(31)11-7-20)23(17-37)16-35(18)25-14-27(38)34(3)24-12-13-26(32-2)33-28(24)25/h4-14,18,23,29,37H,15-17H2,1,3H3/t18-,23-/m0/s1. The number of nitrogens with zero attached hydrogens (tertiary/aromatic N) is 5. The molecule has 0 aliphatic carbocycles. The predicted molar refractivity (Wildman–Crippen MR) is 152 cm³/mol. The Kier molecular flexibility index (Phi) is 7.42. The van der Waals surface area contributed by atoms with Crippen LogP contribution in [0.1, 0.15) is 24.1 Å². The maximum Gasteiger partial charge on any atom is 0.270 e. The first-order valence-electron chi connectivity index (χ1n) is 12.3. The van der Waals surface area contributed by atoms with Crippen molar-refractivity contribution >= 4 is 45.7 Å². The maximum atomic E-state index is 12.9. The SMILES string of the molecule is [C-]#[N+]c1ccc2c(n1)c(N1C[C@@H](CO)N(C(c3ccc(Cl)cc3)c3ccc(Cl)cc3)C[C@@H]1C)cc(=O)n2C. The Balaban J connectivity index is 1.58. The highest BCUT2D eigenvalue weighted by Crippen LogP contribution is 2.37. The van der Waals surface area contributed by atoms with Gasteiger partial charge >= 0.3 is 0 Å². The van der Waals surface area contributed by atoms with Gasteiger partial charge in [0.2, 0.25) is 5.52 Å². The van der Waals surface area contributed by atoms with E-state index >= 15 is 0 Å². The van der Waals surface area contributed by atoms with Crippen molar-refractivity contribution in [1.29, 1.82) is 0 Å². The van der Waals surface area contributed by atoms with Crippen molar-refractivity contribution in [3.05, 3.63) is 110 Å². The van der Waals surface area contributed by atoms with Crippen LogP contribution in [0.4, 0.5) is 11.5 Å². The van der Waals surface area contributed by atoms with Crippen LogP contribution in [0.2, 0.25) is 10.0 Å². The van der Waals surface area contributed by atoms with Crippen LogP contribution in [-0.2, 0) is 7.05 Å². The highest BCUT2D eigenvalue weighted by atomic mass is 35.5. The van der Waals surface area contributed by atoms with Crippen LogP contribution in [0, 0.1) is 6.57 Å². The van der Waals surface area contributed by atoms with E-state index in [0.717, 1.165) is 11.1 Å². The van der Waals surface area contributed by atoms with Gasteiger partial charge in [-0.3, -0.25) is 9.69 Å². The molecule has 2 atom stereocenters. The summed E-state index contributed by atoms with van der Waals surface area (Å²) in [5.41, 5.74) is 3.89. The summed E-state index contributed by atoms with van der Waals surface area (Å²) in [7, 11) is 1.70. The number of aliphatic hydroxyl groups excluding tert-OH is 1. The number of fused-ring (bicyclic) bond motifs is 1. The number of halogens is 2. The highest BCUT2D eigenvalue weighted by molar-refractivity contribution is 6.30. The van der Waals surface area contributed by atoms with E-state index in [-0.39, 0.29) is 36.1 Å². The second-order valence-corrected chi connectivity index (χ2v) is 10.5. The Bertz CT molecular complexity index is 1520. The van der Waals surface area contributed by atoms with E-state index in [4.69, 9.17) is 29.8 Å². The third kappa shape index (κ3) is 4.89. The maximum absolute atomic E-state index is 12.9. The van der Waals surface area contributed by atoms with E-state index in [2.05, 4.69) is 26.6 Å². The summed E-state index contributed by atoms with van der Waals surface area (Å²) in [4.78, 5) is 25.4. The van der Waals surface area contributed by atoms with Crippen molar-refractivity contribution in [2.24, 2.45) is 7.05 Å². The molecule has 1 saturated heterocycles. The fraction of sp³-hybridized carbons (Fsp3) is 0.276. The lowest BCUT2D eigenvalue weighted by atomic mass is 9.93. The van der Waals surface area contributed by atoms with Crippen molar-refractivity contribution in [2.75, 3.05) is 24.6 Å². The fourth-order valence-electron chi connectivity index (χ4n) is 5.33. The largest absolute Gasteiger partial charge is 0.395 e. The van der Waals surface area contributed by atoms with Crippen LogP contribution in [0.15, 0.2) is 71.5 Å². The molecule has 1 aliphatic rings. The van der Waals surface area contributed by atoms with Gasteiger partial charge in [0.15, 0.2) is 0 Å². The number of aromatic nitrogens is 2. The number of benzene rings is 2. The lowest BCUT2D eigenvalue weighted by Crippen LogP contribution is -2.59. The average molecular weight is 548 g/mol. The number of pyridine rings is 2. The smallest absolute Gasteiger partial charge is 0.270 e. The molecule has 4 aromatic rings. The molecule has 38 heavy (non-hydrogen) atoms. The summed E-state index contributed by atoms with van der Waals surface area (Å²) in [5, 5.41) is 11.9. The number of anilines is 1. The summed E-state index contributed by atoms with van der Waals surface area (Å²) < 4.78 is 1.54. The molecule has 1 fully saturated rings. The van der Waals surface area contributed by atoms with Crippen molar-refractivity contribution < 1.29 is 5.11 Å². The monoisotopic (exact) mass is 547 g/mol. The first kappa shape index (κ1) is 26.2. The highest BCUT2D eigenvalue weighted by Gasteiger charge is 2.38. The summed E-state index contributed by atoms with van der Waals surface area (Å²) in [6.45, 7) is 10.5. The minimum Gasteiger partial charge on any atom is -0.395 e. The van der Waals surface area contributed by atoms with Crippen LogP contribution < -0.4 is 10.5 Å². The zero-order valence-corrected chi connectivity index (χ0v) is 22.6. The minimum absolute atomic E-state index is 0.0198. The van der Waals surface area contributed by atoms with Crippen molar-refractivity contribution in [3.8, 4) is 0 Å². The lowest BCUT2D eigenvalue weighted by Gasteiger charge is -2.49. The summed E-state index contributed by atoms with van der Waals surface area (Å²) >= 11 is 12.4. The first-order chi connectivity index (χ1) is 18.3. The molecular weight excluding hydrogens is 521 g/mol. The van der Waals surface area contributed by atoms with Crippen LogP contribution in [-0.4, -0.2) is 51.3 Å². The van der Waals surface area contributed by atoms with Gasteiger partial charge < -0.3 is 19.4 Å². The van der Waals surface area contributed by atoms with Crippen LogP contribution in [0.3, 0.4) is 0 Å². The molecule has 1 N–H and O–H groups in total. The van der Waals surface area contributed by atoms with Gasteiger partial charge in [-0.05, 0) is 54.4 Å². The molecular formula is C29H27Cl2N5O2. The Morgan fingerprint density at radius 1 is 1.03 bits per heavy atom. The topological polar surface area (TPSA) is 66.0 Å². The van der Waals surface area contributed by atoms with Crippen molar-refractivity contribution in [1.82, 2.24) is 14.5 Å². The van der Waals surface area contributed by atoms with E-state index in [1.54, 1.807) is 29.8 Å². The third-order valence-corrected chi connectivity index (χ3v) is 7.78. The van der Waals surface area contributed by atoms with E-state index < -0.39 is 0 Å². The average Bonchev–Trinajstić information content (AvgIpc) is 2.93. The zero-order chi connectivity index (χ0) is 27.0. The second kappa shape index (κ2) is 10.8. The molecule has 0 bridgehead atoms. The fourth-order valence-corrected chi connectivity index (χ4v) is 5.58. The Morgan fingerprint density at radius 2 is 1.63 bits per heavy atom. The van der Waals surface area contributed by atoms with E-state index in [1.165, 1.54) is 0 Å². The molecule has 1 aliphatic heterocycles. The van der Waals surface area contributed by atoms with Gasteiger partial charge in [-0.2, -0.15) is 0 Å². The third-order valence-electron chi connectivity index (χ3n) is 7.28. The normalized spacial score (nSPS) is 18.2. The van der Waals surface area contributed by atoms with E-state index in [0.29, 0.717) is 39.9 Å². The number of hydrogen-bond donors (Lipinski definition) is 1. The Morgan fingerprint density at radius 3 is 2.18 bits per heavy atom. The zero-order valence-electron chi connectivity index (χ0n) is 21.1. The minimum atomic E-state index is -0.245. The number of aliphatic hydroxyl groups is 1. The number of aryl methyl sites for hydroxylation is 1. The second-order valence-electron chi connectivity index (χ2n) is 9.62. The number of rotatable bonds is 5. The number of piperazine rings is 1. The lowest BCUT2D eigenvalue weighted by molar-refractivity contribution is 0.0728. The number of hydrogen-bond acceptors (Lipinski definition) is 5. The molecule has 3 heterocycles. The van der Waals surface area contributed by atoms with Crippen LogP contribution in [0.25, 0.3) is 15.9 Å². The van der Waals surface area contributed by atoms with Gasteiger partial charge in [0, 0.05) is 42.3 Å². The van der Waals surface area contributed by atoms with Gasteiger partial charge in [-0.15, -0.1) is 4.98 Å². The predicted octanol–water partition coefficient (Wildman–Crippen LogP) is 5.45. The molecule has 0 radical (unpaired) electrons. The van der Waals surface area contributed by atoms with Gasteiger partial charge in [0.25, 0.3) is 11.4 Å². The van der Waals surface area contributed by atoms with Gasteiger partial charge in [-0.25, -0.2) is 0 Å². The molecule has 2 aromatic heterocycles. The van der Waals surface area contributed by atoms with Crippen molar-refractivity contribution in [2.45, 2.75) is 25.0 Å². The quantitative estimate of drug-likeness (QED) is 0.336. The molecule has 0 unspecified atom stereocenters. The molecule has 2 aromatic carbocycles. The summed E-state index contributed by atoms with van der Waals surface area (Å²) in [5.74, 6) is 0.271. The summed E-state index contributed by atoms with van der Waals surface area (Å²) in [6, 6.07) is 20.1. The van der Waals surface area contributed by atoms with E-state index in [9.17, 15) is 9.90 Å². The Labute approximate surface area is 231 Å². The van der Waals surface area contributed by atoms with Crippen LogP contribution in [0.5, 0.6) is 0 Å². The molecule has 5 rings (SSSR count).